The Morgan fingerprint density at radius 3 is 2.43 bits per heavy atom. The topological polar surface area (TPSA) is 75.5 Å². The van der Waals surface area contributed by atoms with Crippen LogP contribution in [0, 0.1) is 0 Å². The summed E-state index contributed by atoms with van der Waals surface area (Å²) in [5, 5.41) is 1.02. The van der Waals surface area contributed by atoms with Gasteiger partial charge >= 0.3 is 0 Å². The van der Waals surface area contributed by atoms with Crippen molar-refractivity contribution >= 4 is 34.4 Å². The van der Waals surface area contributed by atoms with Crippen LogP contribution in [0.15, 0.2) is 58.5 Å². The molecule has 3 aromatic rings. The zero-order chi connectivity index (χ0) is 24.8. The summed E-state index contributed by atoms with van der Waals surface area (Å²) in [6.45, 7) is 5.73. The number of nitrogens with zero attached hydrogens (tertiary/aromatic N) is 4. The molecule has 8 heteroatoms. The second kappa shape index (κ2) is 11.6. The molecule has 4 rings (SSSR count). The number of thioether (sulfide) groups is 1. The largest absolute Gasteiger partial charge is 0.336 e. The molecule has 35 heavy (non-hydrogen) atoms. The van der Waals surface area contributed by atoms with Gasteiger partial charge in [-0.05, 0) is 31.7 Å². The Labute approximate surface area is 210 Å². The maximum absolute atomic E-state index is 13.4. The van der Waals surface area contributed by atoms with Gasteiger partial charge in [0.15, 0.2) is 10.9 Å². The molecule has 0 bridgehead atoms. The number of carbonyl (C=O) groups excluding carboxylic acids is 2. The third-order valence-electron chi connectivity index (χ3n) is 6.37. The van der Waals surface area contributed by atoms with Crippen LogP contribution >= 0.6 is 11.8 Å². The smallest absolute Gasteiger partial charge is 0.262 e. The Morgan fingerprint density at radius 1 is 0.971 bits per heavy atom. The average molecular weight is 493 g/mol. The van der Waals surface area contributed by atoms with E-state index in [-0.39, 0.29) is 23.0 Å². The summed E-state index contributed by atoms with van der Waals surface area (Å²) < 4.78 is 1.68. The molecule has 2 heterocycles. The number of amides is 1. The number of benzene rings is 2. The van der Waals surface area contributed by atoms with Crippen molar-refractivity contribution in [3.63, 3.8) is 0 Å². The lowest BCUT2D eigenvalue weighted by Gasteiger charge is -2.32. The van der Waals surface area contributed by atoms with Crippen molar-refractivity contribution in [3.8, 4) is 0 Å². The van der Waals surface area contributed by atoms with E-state index in [1.54, 1.807) is 34.9 Å². The van der Waals surface area contributed by atoms with Gasteiger partial charge in [0.05, 0.1) is 16.7 Å². The molecule has 0 atom stereocenters. The van der Waals surface area contributed by atoms with E-state index in [4.69, 9.17) is 4.98 Å². The lowest BCUT2D eigenvalue weighted by molar-refractivity contribution is 0.0664. The van der Waals surface area contributed by atoms with E-state index in [1.165, 1.54) is 11.8 Å². The maximum Gasteiger partial charge on any atom is 0.262 e. The van der Waals surface area contributed by atoms with Crippen LogP contribution in [0.3, 0.4) is 0 Å². The normalized spacial score (nSPS) is 14.4. The van der Waals surface area contributed by atoms with E-state index < -0.39 is 0 Å². The van der Waals surface area contributed by atoms with Crippen LogP contribution in [-0.4, -0.2) is 70.0 Å². The summed E-state index contributed by atoms with van der Waals surface area (Å²) in [6, 6.07) is 14.3. The quantitative estimate of drug-likeness (QED) is 0.195. The van der Waals surface area contributed by atoms with Crippen molar-refractivity contribution in [1.82, 2.24) is 19.4 Å². The predicted octanol–water partition coefficient (Wildman–Crippen LogP) is 3.95. The first-order valence-corrected chi connectivity index (χ1v) is 13.2. The van der Waals surface area contributed by atoms with Gasteiger partial charge < -0.3 is 9.80 Å². The van der Waals surface area contributed by atoms with Crippen molar-refractivity contribution in [3.05, 3.63) is 70.0 Å². The second-order valence-electron chi connectivity index (χ2n) is 8.96. The minimum absolute atomic E-state index is 0.0101. The first kappa shape index (κ1) is 25.1. The van der Waals surface area contributed by atoms with Gasteiger partial charge in [0, 0.05) is 43.9 Å². The molecule has 0 saturated carbocycles. The molecule has 1 saturated heterocycles. The van der Waals surface area contributed by atoms with Crippen LogP contribution in [-0.2, 0) is 6.54 Å². The molecule has 7 nitrogen and oxygen atoms in total. The molecule has 0 unspecified atom stereocenters. The van der Waals surface area contributed by atoms with Crippen molar-refractivity contribution < 1.29 is 9.59 Å². The highest BCUT2D eigenvalue weighted by Crippen LogP contribution is 2.21. The molecule has 1 aliphatic heterocycles. The van der Waals surface area contributed by atoms with Gasteiger partial charge in [-0.25, -0.2) is 4.98 Å². The molecule has 1 aliphatic rings. The van der Waals surface area contributed by atoms with Gasteiger partial charge in [-0.15, -0.1) is 0 Å². The molecule has 0 aliphatic carbocycles. The summed E-state index contributed by atoms with van der Waals surface area (Å²) >= 11 is 1.28. The minimum Gasteiger partial charge on any atom is -0.336 e. The molecule has 0 spiro atoms. The highest BCUT2D eigenvalue weighted by Gasteiger charge is 2.22. The summed E-state index contributed by atoms with van der Waals surface area (Å²) in [5.74, 6) is 0.141. The number of carbonyl (C=O) groups is 2. The molecule has 184 valence electrons. The molecule has 2 aromatic carbocycles. The van der Waals surface area contributed by atoms with Gasteiger partial charge in [0.2, 0.25) is 0 Å². The van der Waals surface area contributed by atoms with Crippen LogP contribution in [0.4, 0.5) is 0 Å². The van der Waals surface area contributed by atoms with Crippen molar-refractivity contribution in [2.75, 3.05) is 39.0 Å². The summed E-state index contributed by atoms with van der Waals surface area (Å²) in [6.07, 6.45) is 2.92. The molecule has 1 fully saturated rings. The summed E-state index contributed by atoms with van der Waals surface area (Å²) in [4.78, 5) is 48.0. The average Bonchev–Trinajstić information content (AvgIpc) is 2.89. The summed E-state index contributed by atoms with van der Waals surface area (Å²) in [7, 11) is 2.05. The number of aromatic nitrogens is 2. The predicted molar refractivity (Wildman–Crippen MR) is 140 cm³/mol. The number of ketones is 1. The molecule has 0 N–H and O–H groups in total. The van der Waals surface area contributed by atoms with Gasteiger partial charge in [0.25, 0.3) is 11.5 Å². The van der Waals surface area contributed by atoms with Gasteiger partial charge in [0.1, 0.15) is 0 Å². The van der Waals surface area contributed by atoms with Gasteiger partial charge in [-0.3, -0.25) is 19.0 Å². The molecular weight excluding hydrogens is 460 g/mol. The SMILES string of the molecule is CCCCCn1c(SCC(=O)c2ccccc2)nc2cc(C(=O)N3CCN(C)CC3)ccc2c1=O. The Morgan fingerprint density at radius 2 is 1.71 bits per heavy atom. The van der Waals surface area contributed by atoms with Crippen molar-refractivity contribution in [2.24, 2.45) is 0 Å². The van der Waals surface area contributed by atoms with E-state index in [0.717, 1.165) is 32.4 Å². The van der Waals surface area contributed by atoms with Gasteiger partial charge in [-0.2, -0.15) is 0 Å². The van der Waals surface area contributed by atoms with Crippen LogP contribution in [0.5, 0.6) is 0 Å². The lowest BCUT2D eigenvalue weighted by Crippen LogP contribution is -2.47. The van der Waals surface area contributed by atoms with Gasteiger partial charge in [-0.1, -0.05) is 61.9 Å². The minimum atomic E-state index is -0.126. The number of hydrogen-bond donors (Lipinski definition) is 0. The standard InChI is InChI=1S/C27H32N4O3S/c1-3-4-8-13-31-26(34)22-12-11-21(25(33)30-16-14-29(2)15-17-30)18-23(22)28-27(31)35-19-24(32)20-9-6-5-7-10-20/h5-7,9-12,18H,3-4,8,13-17,19H2,1-2H3. The van der Waals surface area contributed by atoms with E-state index in [0.29, 0.717) is 46.8 Å². The number of hydrogen-bond acceptors (Lipinski definition) is 6. The zero-order valence-corrected chi connectivity index (χ0v) is 21.2. The molecular formula is C27H32N4O3S. The number of fused-ring (bicyclic) bond motifs is 1. The van der Waals surface area contributed by atoms with Crippen LogP contribution in [0.1, 0.15) is 46.9 Å². The molecule has 0 radical (unpaired) electrons. The first-order chi connectivity index (χ1) is 17.0. The highest BCUT2D eigenvalue weighted by molar-refractivity contribution is 7.99. The number of Topliss-reactive ketones (excluding diaryl/α,β-unsaturated/α-hetero) is 1. The monoisotopic (exact) mass is 492 g/mol. The Bertz CT molecular complexity index is 1250. The summed E-state index contributed by atoms with van der Waals surface area (Å²) in [5.41, 5.74) is 1.55. The van der Waals surface area contributed by atoms with Crippen LogP contribution in [0.25, 0.3) is 10.9 Å². The fourth-order valence-corrected chi connectivity index (χ4v) is 5.11. The third kappa shape index (κ3) is 6.00. The first-order valence-electron chi connectivity index (χ1n) is 12.2. The third-order valence-corrected chi connectivity index (χ3v) is 7.35. The van der Waals surface area contributed by atoms with Crippen LogP contribution < -0.4 is 5.56 Å². The number of rotatable bonds is 9. The van der Waals surface area contributed by atoms with E-state index in [2.05, 4.69) is 18.9 Å². The second-order valence-corrected chi connectivity index (χ2v) is 9.91. The number of piperazine rings is 1. The van der Waals surface area contributed by atoms with E-state index in [1.807, 2.05) is 23.1 Å². The number of likely N-dealkylation sites (N-methyl/N-ethyl adjacent to an activating group) is 1. The molecule has 1 aromatic heterocycles. The molecule has 1 amide bonds. The maximum atomic E-state index is 13.4. The lowest BCUT2D eigenvalue weighted by atomic mass is 10.1. The fraction of sp³-hybridized carbons (Fsp3) is 0.407. The van der Waals surface area contributed by atoms with Crippen LogP contribution in [0.2, 0.25) is 0 Å². The van der Waals surface area contributed by atoms with Crippen molar-refractivity contribution in [1.29, 1.82) is 0 Å². The Balaban J connectivity index is 1.64. The van der Waals surface area contributed by atoms with Crippen molar-refractivity contribution in [2.45, 2.75) is 37.9 Å². The van der Waals surface area contributed by atoms with E-state index >= 15 is 0 Å². The highest BCUT2D eigenvalue weighted by atomic mass is 32.2. The van der Waals surface area contributed by atoms with E-state index in [9.17, 15) is 14.4 Å². The Hall–Kier alpha value is -2.97. The fourth-order valence-electron chi connectivity index (χ4n) is 4.19. The number of unbranched alkanes of at least 4 members (excludes halogenated alkanes) is 2. The zero-order valence-electron chi connectivity index (χ0n) is 20.4. The Kier molecular flexibility index (Phi) is 8.36.